The van der Waals surface area contributed by atoms with E-state index < -0.39 is 17.8 Å². The standard InChI is InChI=1S/C13H17FN2O3/c1-3-12(17)16-11(13(18)19-2)7-8-4-5-10(15)9(14)6-8/h4-6,11H,3,7,15H2,1-2H3,(H,16,17). The molecule has 0 aliphatic carbocycles. The van der Waals surface area contributed by atoms with Gasteiger partial charge in [0.1, 0.15) is 11.9 Å². The summed E-state index contributed by atoms with van der Waals surface area (Å²) < 4.78 is 17.9. The van der Waals surface area contributed by atoms with Gasteiger partial charge in [0.15, 0.2) is 0 Å². The second kappa shape index (κ2) is 6.72. The highest BCUT2D eigenvalue weighted by Crippen LogP contribution is 2.13. The van der Waals surface area contributed by atoms with Gasteiger partial charge in [0, 0.05) is 12.8 Å². The number of carbonyl (C=O) groups excluding carboxylic acids is 2. The highest BCUT2D eigenvalue weighted by Gasteiger charge is 2.21. The summed E-state index contributed by atoms with van der Waals surface area (Å²) in [5.41, 5.74) is 5.96. The second-order valence-electron chi connectivity index (χ2n) is 4.06. The molecule has 0 aliphatic heterocycles. The second-order valence-corrected chi connectivity index (χ2v) is 4.06. The molecule has 0 heterocycles. The van der Waals surface area contributed by atoms with Gasteiger partial charge in [-0.15, -0.1) is 0 Å². The molecule has 0 aliphatic rings. The number of rotatable bonds is 5. The molecule has 0 fully saturated rings. The number of benzene rings is 1. The van der Waals surface area contributed by atoms with Crippen LogP contribution >= 0.6 is 0 Å². The number of ether oxygens (including phenoxy) is 1. The molecule has 1 aromatic rings. The smallest absolute Gasteiger partial charge is 0.328 e. The van der Waals surface area contributed by atoms with Crippen LogP contribution in [0.4, 0.5) is 10.1 Å². The average Bonchev–Trinajstić information content (AvgIpc) is 2.41. The van der Waals surface area contributed by atoms with Gasteiger partial charge in [0.25, 0.3) is 0 Å². The van der Waals surface area contributed by atoms with E-state index in [2.05, 4.69) is 10.1 Å². The predicted octanol–water partition coefficient (Wildman–Crippen LogP) is 1.02. The van der Waals surface area contributed by atoms with Crippen molar-refractivity contribution in [3.63, 3.8) is 0 Å². The van der Waals surface area contributed by atoms with Crippen LogP contribution in [-0.4, -0.2) is 25.0 Å². The van der Waals surface area contributed by atoms with Crippen LogP contribution in [-0.2, 0) is 20.7 Å². The Balaban J connectivity index is 2.84. The van der Waals surface area contributed by atoms with Gasteiger partial charge >= 0.3 is 5.97 Å². The minimum atomic E-state index is -0.833. The number of esters is 1. The molecule has 1 rings (SSSR count). The minimum absolute atomic E-state index is 0.0379. The number of hydrogen-bond acceptors (Lipinski definition) is 4. The van der Waals surface area contributed by atoms with Crippen molar-refractivity contribution in [3.8, 4) is 0 Å². The van der Waals surface area contributed by atoms with Crippen LogP contribution in [0, 0.1) is 5.82 Å². The van der Waals surface area contributed by atoms with E-state index in [1.807, 2.05) is 0 Å². The van der Waals surface area contributed by atoms with Crippen LogP contribution in [0.15, 0.2) is 18.2 Å². The Morgan fingerprint density at radius 3 is 2.68 bits per heavy atom. The molecule has 0 radical (unpaired) electrons. The fraction of sp³-hybridized carbons (Fsp3) is 0.385. The van der Waals surface area contributed by atoms with Gasteiger partial charge in [-0.1, -0.05) is 13.0 Å². The normalized spacial score (nSPS) is 11.7. The molecule has 1 atom stereocenters. The number of nitrogens with two attached hydrogens (primary N) is 1. The molecule has 3 N–H and O–H groups in total. The van der Waals surface area contributed by atoms with Crippen molar-refractivity contribution in [2.45, 2.75) is 25.8 Å². The van der Waals surface area contributed by atoms with Crippen molar-refractivity contribution in [2.75, 3.05) is 12.8 Å². The first kappa shape index (κ1) is 14.9. The van der Waals surface area contributed by atoms with E-state index >= 15 is 0 Å². The number of hydrogen-bond donors (Lipinski definition) is 2. The molecule has 6 heteroatoms. The first-order chi connectivity index (χ1) is 8.97. The first-order valence-corrected chi connectivity index (χ1v) is 5.89. The highest BCUT2D eigenvalue weighted by molar-refractivity contribution is 5.84. The monoisotopic (exact) mass is 268 g/mol. The SMILES string of the molecule is CCC(=O)NC(Cc1ccc(N)c(F)c1)C(=O)OC. The Hall–Kier alpha value is -2.11. The number of methoxy groups -OCH3 is 1. The van der Waals surface area contributed by atoms with Gasteiger partial charge in [0.05, 0.1) is 12.8 Å². The topological polar surface area (TPSA) is 81.4 Å². The van der Waals surface area contributed by atoms with E-state index in [1.54, 1.807) is 13.0 Å². The lowest BCUT2D eigenvalue weighted by molar-refractivity contribution is -0.145. The fourth-order valence-corrected chi connectivity index (χ4v) is 1.57. The molecule has 0 spiro atoms. The third-order valence-corrected chi connectivity index (χ3v) is 2.65. The van der Waals surface area contributed by atoms with Crippen LogP contribution in [0.2, 0.25) is 0 Å². The van der Waals surface area contributed by atoms with E-state index in [-0.39, 0.29) is 24.4 Å². The van der Waals surface area contributed by atoms with Gasteiger partial charge in [-0.3, -0.25) is 4.79 Å². The third-order valence-electron chi connectivity index (χ3n) is 2.65. The predicted molar refractivity (Wildman–Crippen MR) is 68.8 cm³/mol. The summed E-state index contributed by atoms with van der Waals surface area (Å²) in [5, 5.41) is 2.53. The van der Waals surface area contributed by atoms with Crippen molar-refractivity contribution in [1.82, 2.24) is 5.32 Å². The summed E-state index contributed by atoms with van der Waals surface area (Å²) in [4.78, 5) is 22.9. The van der Waals surface area contributed by atoms with Crippen LogP contribution in [0.1, 0.15) is 18.9 Å². The molecule has 5 nitrogen and oxygen atoms in total. The summed E-state index contributed by atoms with van der Waals surface area (Å²) >= 11 is 0. The number of carbonyl (C=O) groups is 2. The van der Waals surface area contributed by atoms with Crippen molar-refractivity contribution in [2.24, 2.45) is 0 Å². The Labute approximate surface area is 110 Å². The minimum Gasteiger partial charge on any atom is -0.467 e. The van der Waals surface area contributed by atoms with Gasteiger partial charge in [-0.2, -0.15) is 0 Å². The molecular formula is C13H17FN2O3. The molecular weight excluding hydrogens is 251 g/mol. The lowest BCUT2D eigenvalue weighted by atomic mass is 10.0. The van der Waals surface area contributed by atoms with E-state index in [0.717, 1.165) is 0 Å². The number of anilines is 1. The molecule has 104 valence electrons. The molecule has 19 heavy (non-hydrogen) atoms. The molecule has 0 bridgehead atoms. The molecule has 0 saturated carbocycles. The maximum atomic E-state index is 13.3. The van der Waals surface area contributed by atoms with E-state index in [9.17, 15) is 14.0 Å². The number of nitrogens with one attached hydrogen (secondary N) is 1. The molecule has 0 saturated heterocycles. The quantitative estimate of drug-likeness (QED) is 0.617. The maximum absolute atomic E-state index is 13.3. The Kier molecular flexibility index (Phi) is 5.29. The lowest BCUT2D eigenvalue weighted by Gasteiger charge is -2.16. The fourth-order valence-electron chi connectivity index (χ4n) is 1.57. The summed E-state index contributed by atoms with van der Waals surface area (Å²) in [6, 6.07) is 3.43. The zero-order valence-electron chi connectivity index (χ0n) is 10.9. The van der Waals surface area contributed by atoms with E-state index in [1.165, 1.54) is 19.2 Å². The summed E-state index contributed by atoms with van der Waals surface area (Å²) in [7, 11) is 1.23. The average molecular weight is 268 g/mol. The first-order valence-electron chi connectivity index (χ1n) is 5.89. The van der Waals surface area contributed by atoms with Crippen molar-refractivity contribution < 1.29 is 18.7 Å². The van der Waals surface area contributed by atoms with Crippen LogP contribution in [0.5, 0.6) is 0 Å². The van der Waals surface area contributed by atoms with Gasteiger partial charge < -0.3 is 15.8 Å². The van der Waals surface area contributed by atoms with E-state index in [0.29, 0.717) is 5.56 Å². The van der Waals surface area contributed by atoms with Crippen molar-refractivity contribution in [3.05, 3.63) is 29.6 Å². The zero-order valence-corrected chi connectivity index (χ0v) is 10.9. The Morgan fingerprint density at radius 2 is 2.16 bits per heavy atom. The largest absolute Gasteiger partial charge is 0.467 e. The third kappa shape index (κ3) is 4.24. The molecule has 1 unspecified atom stereocenters. The molecule has 1 aromatic carbocycles. The number of halogens is 1. The number of nitrogen functional groups attached to an aromatic ring is 1. The van der Waals surface area contributed by atoms with E-state index in [4.69, 9.17) is 5.73 Å². The van der Waals surface area contributed by atoms with Crippen LogP contribution < -0.4 is 11.1 Å². The lowest BCUT2D eigenvalue weighted by Crippen LogP contribution is -2.42. The highest BCUT2D eigenvalue weighted by atomic mass is 19.1. The number of amides is 1. The summed E-state index contributed by atoms with van der Waals surface area (Å²) in [6.45, 7) is 1.67. The Bertz CT molecular complexity index is 477. The molecule has 0 aromatic heterocycles. The maximum Gasteiger partial charge on any atom is 0.328 e. The summed E-state index contributed by atoms with van der Waals surface area (Å²) in [5.74, 6) is -1.40. The Morgan fingerprint density at radius 1 is 1.47 bits per heavy atom. The van der Waals surface area contributed by atoms with Crippen molar-refractivity contribution >= 4 is 17.6 Å². The molecule has 1 amide bonds. The van der Waals surface area contributed by atoms with Gasteiger partial charge in [0.2, 0.25) is 5.91 Å². The summed E-state index contributed by atoms with van der Waals surface area (Å²) in [6.07, 6.45) is 0.402. The van der Waals surface area contributed by atoms with Gasteiger partial charge in [-0.05, 0) is 17.7 Å². The van der Waals surface area contributed by atoms with Crippen LogP contribution in [0.25, 0.3) is 0 Å². The van der Waals surface area contributed by atoms with Gasteiger partial charge in [-0.25, -0.2) is 9.18 Å². The van der Waals surface area contributed by atoms with Crippen molar-refractivity contribution in [1.29, 1.82) is 0 Å². The zero-order chi connectivity index (χ0) is 14.4. The van der Waals surface area contributed by atoms with Crippen LogP contribution in [0.3, 0.4) is 0 Å².